The Kier molecular flexibility index (Phi) is 4.26. The topological polar surface area (TPSA) is 49.3 Å². The van der Waals surface area contributed by atoms with E-state index in [-0.39, 0.29) is 5.92 Å². The fraction of sp³-hybridized carbons (Fsp3) is 0.353. The summed E-state index contributed by atoms with van der Waals surface area (Å²) in [4.78, 5) is 13.3. The van der Waals surface area contributed by atoms with Crippen molar-refractivity contribution < 1.29 is 9.90 Å². The fourth-order valence-electron chi connectivity index (χ4n) is 3.47. The molecule has 1 aliphatic heterocycles. The van der Waals surface area contributed by atoms with Crippen LogP contribution in [0.3, 0.4) is 0 Å². The van der Waals surface area contributed by atoms with E-state index in [9.17, 15) is 9.90 Å². The van der Waals surface area contributed by atoms with Crippen molar-refractivity contribution in [2.75, 3.05) is 13.1 Å². The molecule has 2 heterocycles. The minimum Gasteiger partial charge on any atom is -0.481 e. The molecular weight excluding hydrogens is 318 g/mol. The number of carboxylic acid groups (broad SMARTS) is 1. The van der Waals surface area contributed by atoms with E-state index < -0.39 is 11.4 Å². The first-order valence-electron chi connectivity index (χ1n) is 7.30. The highest BCUT2D eigenvalue weighted by Gasteiger charge is 2.51. The van der Waals surface area contributed by atoms with Gasteiger partial charge >= 0.3 is 5.97 Å². The summed E-state index contributed by atoms with van der Waals surface area (Å²) < 4.78 is 0. The third kappa shape index (κ3) is 2.45. The van der Waals surface area contributed by atoms with Crippen molar-refractivity contribution in [3.05, 3.63) is 56.7 Å². The van der Waals surface area contributed by atoms with Crippen LogP contribution in [0.4, 0.5) is 0 Å². The first-order valence-corrected chi connectivity index (χ1v) is 8.55. The van der Waals surface area contributed by atoms with Crippen LogP contribution >= 0.6 is 22.9 Å². The Morgan fingerprint density at radius 3 is 2.91 bits per heavy atom. The summed E-state index contributed by atoms with van der Waals surface area (Å²) in [5.41, 5.74) is 1.12. The molecule has 1 saturated heterocycles. The summed E-state index contributed by atoms with van der Waals surface area (Å²) in [6, 6.07) is 9.60. The van der Waals surface area contributed by atoms with Crippen LogP contribution in [0.2, 0.25) is 5.02 Å². The Morgan fingerprint density at radius 2 is 2.27 bits per heavy atom. The third-order valence-corrected chi connectivity index (χ3v) is 5.94. The van der Waals surface area contributed by atoms with Crippen molar-refractivity contribution >= 4 is 28.9 Å². The van der Waals surface area contributed by atoms with Crippen molar-refractivity contribution in [3.63, 3.8) is 0 Å². The Morgan fingerprint density at radius 1 is 1.45 bits per heavy atom. The Balaban J connectivity index is 2.17. The molecule has 3 rings (SSSR count). The predicted octanol–water partition coefficient (Wildman–Crippen LogP) is 3.81. The van der Waals surface area contributed by atoms with Crippen LogP contribution in [0.25, 0.3) is 0 Å². The van der Waals surface area contributed by atoms with E-state index in [1.807, 2.05) is 42.6 Å². The molecule has 5 heteroatoms. The minimum absolute atomic E-state index is 0.0812. The molecule has 0 bridgehead atoms. The first kappa shape index (κ1) is 15.5. The van der Waals surface area contributed by atoms with Crippen LogP contribution in [0.5, 0.6) is 0 Å². The fourth-order valence-corrected chi connectivity index (χ4v) is 4.84. The van der Waals surface area contributed by atoms with Crippen molar-refractivity contribution in [3.8, 4) is 0 Å². The lowest BCUT2D eigenvalue weighted by molar-refractivity contribution is -0.145. The van der Waals surface area contributed by atoms with Gasteiger partial charge in [-0.05, 0) is 54.6 Å². The monoisotopic (exact) mass is 335 g/mol. The van der Waals surface area contributed by atoms with E-state index in [2.05, 4.69) is 5.32 Å². The third-order valence-electron chi connectivity index (χ3n) is 4.51. The molecule has 1 aliphatic rings. The summed E-state index contributed by atoms with van der Waals surface area (Å²) >= 11 is 7.66. The lowest BCUT2D eigenvalue weighted by atomic mass is 9.66. The Bertz CT molecular complexity index is 699. The summed E-state index contributed by atoms with van der Waals surface area (Å²) in [7, 11) is 0. The van der Waals surface area contributed by atoms with Gasteiger partial charge in [0.1, 0.15) is 5.41 Å². The van der Waals surface area contributed by atoms with Gasteiger partial charge in [0.05, 0.1) is 0 Å². The zero-order valence-electron chi connectivity index (χ0n) is 12.3. The van der Waals surface area contributed by atoms with Gasteiger partial charge in [-0.15, -0.1) is 11.3 Å². The summed E-state index contributed by atoms with van der Waals surface area (Å²) in [6.45, 7) is 3.25. The smallest absolute Gasteiger partial charge is 0.316 e. The molecule has 0 radical (unpaired) electrons. The van der Waals surface area contributed by atoms with E-state index >= 15 is 0 Å². The molecule has 2 atom stereocenters. The van der Waals surface area contributed by atoms with Gasteiger partial charge in [0, 0.05) is 22.4 Å². The number of benzene rings is 1. The maximum Gasteiger partial charge on any atom is 0.316 e. The van der Waals surface area contributed by atoms with Gasteiger partial charge in [-0.2, -0.15) is 0 Å². The van der Waals surface area contributed by atoms with Crippen molar-refractivity contribution in [1.29, 1.82) is 0 Å². The lowest BCUT2D eigenvalue weighted by Gasteiger charge is -2.41. The van der Waals surface area contributed by atoms with Crippen LogP contribution in [0, 0.1) is 6.92 Å². The maximum absolute atomic E-state index is 12.3. The molecule has 1 unspecified atom stereocenters. The van der Waals surface area contributed by atoms with Gasteiger partial charge in [-0.1, -0.05) is 23.7 Å². The van der Waals surface area contributed by atoms with Crippen LogP contribution in [-0.2, 0) is 10.2 Å². The Hall–Kier alpha value is -1.36. The highest BCUT2D eigenvalue weighted by molar-refractivity contribution is 7.10. The van der Waals surface area contributed by atoms with Crippen molar-refractivity contribution in [2.24, 2.45) is 0 Å². The number of hydrogen-bond donors (Lipinski definition) is 2. The molecule has 1 aromatic carbocycles. The van der Waals surface area contributed by atoms with Gasteiger partial charge in [0.15, 0.2) is 0 Å². The van der Waals surface area contributed by atoms with E-state index in [1.54, 1.807) is 0 Å². The number of halogens is 1. The number of rotatable bonds is 3. The zero-order valence-corrected chi connectivity index (χ0v) is 13.9. The summed E-state index contributed by atoms with van der Waals surface area (Å²) in [5, 5.41) is 16.0. The number of aliphatic carboxylic acids is 1. The number of nitrogens with one attached hydrogen (secondary N) is 1. The van der Waals surface area contributed by atoms with Crippen molar-refractivity contribution in [2.45, 2.75) is 24.7 Å². The molecule has 3 nitrogen and oxygen atoms in total. The second-order valence-electron chi connectivity index (χ2n) is 5.78. The molecule has 2 N–H and O–H groups in total. The zero-order chi connectivity index (χ0) is 15.7. The molecule has 1 aromatic heterocycles. The quantitative estimate of drug-likeness (QED) is 0.896. The molecule has 0 aliphatic carbocycles. The second-order valence-corrected chi connectivity index (χ2v) is 7.13. The van der Waals surface area contributed by atoms with E-state index in [1.165, 1.54) is 11.3 Å². The molecule has 116 valence electrons. The first-order chi connectivity index (χ1) is 10.6. The second kappa shape index (κ2) is 6.03. The van der Waals surface area contributed by atoms with Crippen molar-refractivity contribution in [1.82, 2.24) is 5.32 Å². The van der Waals surface area contributed by atoms with Crippen LogP contribution in [-0.4, -0.2) is 24.2 Å². The van der Waals surface area contributed by atoms with Gasteiger partial charge in [0.25, 0.3) is 0 Å². The number of aryl methyl sites for hydroxylation is 1. The predicted molar refractivity (Wildman–Crippen MR) is 90.0 cm³/mol. The summed E-state index contributed by atoms with van der Waals surface area (Å²) in [6.07, 6.45) is 0.782. The van der Waals surface area contributed by atoms with Gasteiger partial charge in [0.2, 0.25) is 0 Å². The molecule has 0 spiro atoms. The van der Waals surface area contributed by atoms with Gasteiger partial charge in [-0.3, -0.25) is 4.79 Å². The normalized spacial score (nSPS) is 25.1. The number of hydrogen-bond acceptors (Lipinski definition) is 3. The molecule has 0 saturated carbocycles. The average molecular weight is 336 g/mol. The minimum atomic E-state index is -0.929. The van der Waals surface area contributed by atoms with Crippen LogP contribution in [0.15, 0.2) is 35.7 Å². The number of carboxylic acids is 1. The summed E-state index contributed by atoms with van der Waals surface area (Å²) in [5.74, 6) is -0.850. The van der Waals surface area contributed by atoms with E-state index in [0.29, 0.717) is 11.6 Å². The maximum atomic E-state index is 12.3. The number of piperidine rings is 1. The largest absolute Gasteiger partial charge is 0.481 e. The molecule has 22 heavy (non-hydrogen) atoms. The SMILES string of the molecule is Cc1ccsc1[C@@]1(C(=O)O)CNCCC1c1cccc(Cl)c1. The highest BCUT2D eigenvalue weighted by atomic mass is 35.5. The molecule has 1 fully saturated rings. The van der Waals surface area contributed by atoms with Gasteiger partial charge < -0.3 is 10.4 Å². The number of thiophene rings is 1. The molecular formula is C17H18ClNO2S. The molecule has 2 aromatic rings. The standard InChI is InChI=1S/C17H18ClNO2S/c1-11-6-8-22-15(11)17(16(20)21)10-19-7-5-14(17)12-3-2-4-13(18)9-12/h2-4,6,8-9,14,19H,5,7,10H2,1H3,(H,20,21)/t14?,17-/m1/s1. The highest BCUT2D eigenvalue weighted by Crippen LogP contribution is 2.46. The Labute approximate surface area is 138 Å². The number of carbonyl (C=O) groups is 1. The molecule has 0 amide bonds. The average Bonchev–Trinajstić information content (AvgIpc) is 2.93. The van der Waals surface area contributed by atoms with Crippen LogP contribution < -0.4 is 5.32 Å². The van der Waals surface area contributed by atoms with Gasteiger partial charge in [-0.25, -0.2) is 0 Å². The van der Waals surface area contributed by atoms with Crippen LogP contribution in [0.1, 0.15) is 28.3 Å². The van der Waals surface area contributed by atoms with E-state index in [0.717, 1.165) is 29.0 Å². The van der Waals surface area contributed by atoms with E-state index in [4.69, 9.17) is 11.6 Å². The lowest BCUT2D eigenvalue weighted by Crippen LogP contribution is -2.53.